The van der Waals surface area contributed by atoms with E-state index in [0.29, 0.717) is 6.04 Å². The van der Waals surface area contributed by atoms with Crippen molar-refractivity contribution in [1.82, 2.24) is 15.5 Å². The molecular weight excluding hydrogens is 304 g/mol. The SMILES string of the molecule is CCNC(=NCCCN1CCCCC1C)NC1CCC(SC)C1. The second kappa shape index (κ2) is 10.4. The topological polar surface area (TPSA) is 39.7 Å². The minimum atomic E-state index is 0.604. The number of thioether (sulfide) groups is 1. The third kappa shape index (κ3) is 6.54. The molecule has 0 radical (unpaired) electrons. The summed E-state index contributed by atoms with van der Waals surface area (Å²) >= 11 is 2.01. The highest BCUT2D eigenvalue weighted by Gasteiger charge is 2.24. The van der Waals surface area contributed by atoms with Crippen LogP contribution < -0.4 is 10.6 Å². The van der Waals surface area contributed by atoms with Gasteiger partial charge in [0.05, 0.1) is 0 Å². The van der Waals surface area contributed by atoms with Crippen LogP contribution in [0.25, 0.3) is 0 Å². The summed E-state index contributed by atoms with van der Waals surface area (Å²) < 4.78 is 0. The van der Waals surface area contributed by atoms with Crippen LogP contribution in [0, 0.1) is 0 Å². The van der Waals surface area contributed by atoms with Crippen LogP contribution in [0.4, 0.5) is 0 Å². The van der Waals surface area contributed by atoms with E-state index in [1.54, 1.807) is 0 Å². The molecule has 23 heavy (non-hydrogen) atoms. The molecule has 1 aliphatic carbocycles. The molecule has 134 valence electrons. The lowest BCUT2D eigenvalue weighted by Gasteiger charge is -2.33. The van der Waals surface area contributed by atoms with Gasteiger partial charge in [-0.15, -0.1) is 0 Å². The summed E-state index contributed by atoms with van der Waals surface area (Å²) in [7, 11) is 0. The Kier molecular flexibility index (Phi) is 8.59. The molecule has 2 N–H and O–H groups in total. The maximum absolute atomic E-state index is 4.80. The first-order chi connectivity index (χ1) is 11.2. The van der Waals surface area contributed by atoms with Crippen LogP contribution in [0.1, 0.15) is 58.8 Å². The summed E-state index contributed by atoms with van der Waals surface area (Å²) in [6.07, 6.45) is 11.4. The first kappa shape index (κ1) is 18.9. The van der Waals surface area contributed by atoms with E-state index in [1.807, 2.05) is 11.8 Å². The van der Waals surface area contributed by atoms with Gasteiger partial charge in [-0.1, -0.05) is 6.42 Å². The number of hydrogen-bond acceptors (Lipinski definition) is 3. The number of piperidine rings is 1. The van der Waals surface area contributed by atoms with Crippen molar-refractivity contribution in [3.05, 3.63) is 0 Å². The molecule has 1 heterocycles. The van der Waals surface area contributed by atoms with Gasteiger partial charge in [-0.3, -0.25) is 4.99 Å². The molecule has 2 fully saturated rings. The van der Waals surface area contributed by atoms with Crippen LogP contribution in [-0.2, 0) is 0 Å². The van der Waals surface area contributed by atoms with Crippen molar-refractivity contribution in [1.29, 1.82) is 0 Å². The van der Waals surface area contributed by atoms with E-state index in [-0.39, 0.29) is 0 Å². The van der Waals surface area contributed by atoms with Crippen molar-refractivity contribution in [2.24, 2.45) is 4.99 Å². The zero-order valence-corrected chi connectivity index (χ0v) is 16.1. The lowest BCUT2D eigenvalue weighted by molar-refractivity contribution is 0.160. The maximum atomic E-state index is 4.80. The molecule has 0 amide bonds. The average Bonchev–Trinajstić information content (AvgIpc) is 3.01. The zero-order valence-electron chi connectivity index (χ0n) is 15.3. The Hall–Kier alpha value is -0.420. The molecule has 0 aromatic rings. The van der Waals surface area contributed by atoms with Crippen molar-refractivity contribution in [2.75, 3.05) is 32.4 Å². The molecule has 3 unspecified atom stereocenters. The highest BCUT2D eigenvalue weighted by Crippen LogP contribution is 2.28. The van der Waals surface area contributed by atoms with E-state index in [2.05, 4.69) is 35.6 Å². The largest absolute Gasteiger partial charge is 0.357 e. The van der Waals surface area contributed by atoms with Crippen LogP contribution in [0.3, 0.4) is 0 Å². The van der Waals surface area contributed by atoms with Crippen LogP contribution in [0.2, 0.25) is 0 Å². The van der Waals surface area contributed by atoms with Gasteiger partial charge in [0.2, 0.25) is 0 Å². The number of rotatable bonds is 7. The highest BCUT2D eigenvalue weighted by molar-refractivity contribution is 7.99. The molecule has 3 atom stereocenters. The van der Waals surface area contributed by atoms with E-state index < -0.39 is 0 Å². The van der Waals surface area contributed by atoms with Gasteiger partial charge in [-0.2, -0.15) is 11.8 Å². The monoisotopic (exact) mass is 340 g/mol. The normalized spacial score (nSPS) is 29.7. The standard InChI is InChI=1S/C18H36N4S/c1-4-19-18(21-16-9-10-17(14-16)23-3)20-11-7-13-22-12-6-5-8-15(22)2/h15-17H,4-14H2,1-3H3,(H2,19,20,21). The fourth-order valence-electron chi connectivity index (χ4n) is 3.75. The molecular formula is C18H36N4S. The predicted octanol–water partition coefficient (Wildman–Crippen LogP) is 3.09. The predicted molar refractivity (Wildman–Crippen MR) is 104 cm³/mol. The summed E-state index contributed by atoms with van der Waals surface area (Å²) in [4.78, 5) is 7.44. The third-order valence-corrected chi connectivity index (χ3v) is 6.31. The van der Waals surface area contributed by atoms with Crippen LogP contribution in [0.15, 0.2) is 4.99 Å². The second-order valence-electron chi connectivity index (χ2n) is 7.01. The molecule has 0 aromatic heterocycles. The van der Waals surface area contributed by atoms with Crippen molar-refractivity contribution >= 4 is 17.7 Å². The summed E-state index contributed by atoms with van der Waals surface area (Å²) in [5, 5.41) is 7.88. The van der Waals surface area contributed by atoms with Crippen molar-refractivity contribution < 1.29 is 0 Å². The Morgan fingerprint density at radius 3 is 2.83 bits per heavy atom. The van der Waals surface area contributed by atoms with Crippen LogP contribution >= 0.6 is 11.8 Å². The first-order valence-corrected chi connectivity index (χ1v) is 10.8. The smallest absolute Gasteiger partial charge is 0.191 e. The Labute approximate surface area is 147 Å². The number of aliphatic imine (C=N–C) groups is 1. The molecule has 1 saturated heterocycles. The van der Waals surface area contributed by atoms with Gasteiger partial charge in [-0.25, -0.2) is 0 Å². The van der Waals surface area contributed by atoms with E-state index >= 15 is 0 Å². The minimum absolute atomic E-state index is 0.604. The van der Waals surface area contributed by atoms with E-state index in [4.69, 9.17) is 4.99 Å². The number of nitrogens with zero attached hydrogens (tertiary/aromatic N) is 2. The van der Waals surface area contributed by atoms with E-state index in [1.165, 1.54) is 58.0 Å². The Morgan fingerprint density at radius 1 is 1.26 bits per heavy atom. The molecule has 1 aliphatic heterocycles. The highest BCUT2D eigenvalue weighted by atomic mass is 32.2. The Bertz CT molecular complexity index is 361. The van der Waals surface area contributed by atoms with Gasteiger partial charge in [-0.05, 0) is 65.2 Å². The molecule has 1 saturated carbocycles. The van der Waals surface area contributed by atoms with Crippen LogP contribution in [0.5, 0.6) is 0 Å². The first-order valence-electron chi connectivity index (χ1n) is 9.54. The summed E-state index contributed by atoms with van der Waals surface area (Å²) in [5.41, 5.74) is 0. The van der Waals surface area contributed by atoms with Gasteiger partial charge >= 0.3 is 0 Å². The van der Waals surface area contributed by atoms with Gasteiger partial charge in [0.1, 0.15) is 0 Å². The lowest BCUT2D eigenvalue weighted by Crippen LogP contribution is -2.43. The lowest BCUT2D eigenvalue weighted by atomic mass is 10.0. The van der Waals surface area contributed by atoms with Gasteiger partial charge in [0, 0.05) is 37.0 Å². The second-order valence-corrected chi connectivity index (χ2v) is 8.15. The molecule has 2 aliphatic rings. The molecule has 2 rings (SSSR count). The van der Waals surface area contributed by atoms with E-state index in [9.17, 15) is 0 Å². The van der Waals surface area contributed by atoms with Crippen LogP contribution in [-0.4, -0.2) is 60.6 Å². The van der Waals surface area contributed by atoms with Gasteiger partial charge < -0.3 is 15.5 Å². The molecule has 0 spiro atoms. The van der Waals surface area contributed by atoms with Crippen molar-refractivity contribution in [3.8, 4) is 0 Å². The molecule has 4 nitrogen and oxygen atoms in total. The fourth-order valence-corrected chi connectivity index (χ4v) is 4.55. The van der Waals surface area contributed by atoms with Crippen molar-refractivity contribution in [2.45, 2.75) is 76.1 Å². The summed E-state index contributed by atoms with van der Waals surface area (Å²) in [6.45, 7) is 8.86. The summed E-state index contributed by atoms with van der Waals surface area (Å²) in [6, 6.07) is 1.37. The Morgan fingerprint density at radius 2 is 2.13 bits per heavy atom. The number of nitrogens with one attached hydrogen (secondary N) is 2. The van der Waals surface area contributed by atoms with Gasteiger partial charge in [0.15, 0.2) is 5.96 Å². The Balaban J connectivity index is 1.70. The molecule has 0 bridgehead atoms. The zero-order chi connectivity index (χ0) is 16.5. The fraction of sp³-hybridized carbons (Fsp3) is 0.944. The van der Waals surface area contributed by atoms with Crippen molar-refractivity contribution in [3.63, 3.8) is 0 Å². The minimum Gasteiger partial charge on any atom is -0.357 e. The number of guanidine groups is 1. The van der Waals surface area contributed by atoms with Gasteiger partial charge in [0.25, 0.3) is 0 Å². The molecule has 0 aromatic carbocycles. The van der Waals surface area contributed by atoms with E-state index in [0.717, 1.165) is 30.3 Å². The maximum Gasteiger partial charge on any atom is 0.191 e. The quantitative estimate of drug-likeness (QED) is 0.424. The average molecular weight is 341 g/mol. The molecule has 5 heteroatoms. The third-order valence-electron chi connectivity index (χ3n) is 5.22. The summed E-state index contributed by atoms with van der Waals surface area (Å²) in [5.74, 6) is 1.02. The number of hydrogen-bond donors (Lipinski definition) is 2. The number of likely N-dealkylation sites (tertiary alicyclic amines) is 1.